The zero-order valence-electron chi connectivity index (χ0n) is 17.0. The molecule has 1 aliphatic rings. The Kier molecular flexibility index (Phi) is 5.93. The van der Waals surface area contributed by atoms with Crippen molar-refractivity contribution in [1.29, 1.82) is 0 Å². The molecule has 1 aromatic heterocycles. The lowest BCUT2D eigenvalue weighted by Crippen LogP contribution is -2.30. The van der Waals surface area contributed by atoms with Gasteiger partial charge in [-0.25, -0.2) is 0 Å². The first-order chi connectivity index (χ1) is 13.2. The number of likely N-dealkylation sites (tertiary alicyclic amines) is 1. The Morgan fingerprint density at radius 3 is 2.61 bits per heavy atom. The molecule has 2 heterocycles. The summed E-state index contributed by atoms with van der Waals surface area (Å²) in [5.41, 5.74) is 1.31. The molecule has 0 radical (unpaired) electrons. The van der Waals surface area contributed by atoms with Crippen LogP contribution in [0.15, 0.2) is 40.8 Å². The lowest BCUT2D eigenvalue weighted by molar-refractivity contribution is 0.0702. The molecule has 1 saturated heterocycles. The van der Waals surface area contributed by atoms with Crippen molar-refractivity contribution in [3.63, 3.8) is 0 Å². The van der Waals surface area contributed by atoms with E-state index in [9.17, 15) is 9.90 Å². The second-order valence-corrected chi connectivity index (χ2v) is 8.11. The molecule has 1 fully saturated rings. The molecule has 5 nitrogen and oxygen atoms in total. The highest BCUT2D eigenvalue weighted by molar-refractivity contribution is 5.92. The number of rotatable bonds is 4. The minimum atomic E-state index is -1.10. The minimum absolute atomic E-state index is 0.0666. The van der Waals surface area contributed by atoms with Gasteiger partial charge in [0.15, 0.2) is 11.5 Å². The molecule has 1 aliphatic heterocycles. The fourth-order valence-electron chi connectivity index (χ4n) is 3.44. The third-order valence-electron chi connectivity index (χ3n) is 4.69. The number of carbonyl (C=O) groups is 1. The predicted molar refractivity (Wildman–Crippen MR) is 109 cm³/mol. The molecule has 0 bridgehead atoms. The molecular weight excluding hydrogens is 352 g/mol. The van der Waals surface area contributed by atoms with Crippen LogP contribution in [0.5, 0.6) is 0 Å². The van der Waals surface area contributed by atoms with E-state index >= 15 is 0 Å². The maximum atomic E-state index is 13.0. The minimum Gasteiger partial charge on any atom is -0.443 e. The fraction of sp³-hybridized carbons (Fsp3) is 0.435. The molecular formula is C23H28N2O3. The Bertz CT molecular complexity index is 879. The molecule has 0 saturated carbocycles. The summed E-state index contributed by atoms with van der Waals surface area (Å²) in [7, 11) is 4.10. The smallest absolute Gasteiger partial charge is 0.290 e. The van der Waals surface area contributed by atoms with Gasteiger partial charge in [-0.1, -0.05) is 30.2 Å². The Balaban J connectivity index is 1.74. The summed E-state index contributed by atoms with van der Waals surface area (Å²) in [4.78, 5) is 17.0. The highest BCUT2D eigenvalue weighted by Gasteiger charge is 2.32. The van der Waals surface area contributed by atoms with E-state index in [0.29, 0.717) is 12.3 Å². The quantitative estimate of drug-likeness (QED) is 0.826. The summed E-state index contributed by atoms with van der Waals surface area (Å²) in [6.07, 6.45) is 1.92. The maximum absolute atomic E-state index is 13.0. The second kappa shape index (κ2) is 8.22. The third-order valence-corrected chi connectivity index (χ3v) is 4.69. The number of aliphatic hydroxyl groups is 1. The van der Waals surface area contributed by atoms with Gasteiger partial charge in [0.1, 0.15) is 5.60 Å². The predicted octanol–water partition coefficient (Wildman–Crippen LogP) is 3.44. The number of hydrogen-bond donors (Lipinski definition) is 1. The van der Waals surface area contributed by atoms with Gasteiger partial charge in [-0.05, 0) is 70.0 Å². The van der Waals surface area contributed by atoms with Gasteiger partial charge in [-0.2, -0.15) is 0 Å². The van der Waals surface area contributed by atoms with E-state index < -0.39 is 5.60 Å². The van der Waals surface area contributed by atoms with Crippen molar-refractivity contribution >= 4 is 5.91 Å². The molecule has 3 rings (SSSR count). The average Bonchev–Trinajstić information content (AvgIpc) is 3.29. The van der Waals surface area contributed by atoms with E-state index in [1.807, 2.05) is 4.90 Å². The number of hydrogen-bond acceptors (Lipinski definition) is 4. The van der Waals surface area contributed by atoms with E-state index in [2.05, 4.69) is 55.1 Å². The lowest BCUT2D eigenvalue weighted by atomic mass is 10.0. The number of carbonyl (C=O) groups excluding carboxylic acids is 1. The van der Waals surface area contributed by atoms with Crippen molar-refractivity contribution in [3.8, 4) is 11.8 Å². The molecule has 148 valence electrons. The summed E-state index contributed by atoms with van der Waals surface area (Å²) >= 11 is 0. The summed E-state index contributed by atoms with van der Waals surface area (Å²) in [6.45, 7) is 4.82. The van der Waals surface area contributed by atoms with Crippen LogP contribution in [0.4, 0.5) is 0 Å². The van der Waals surface area contributed by atoms with Crippen LogP contribution in [0.3, 0.4) is 0 Å². The van der Waals surface area contributed by atoms with E-state index in [1.165, 1.54) is 5.56 Å². The fourth-order valence-corrected chi connectivity index (χ4v) is 3.44. The Morgan fingerprint density at radius 2 is 1.96 bits per heavy atom. The Labute approximate surface area is 166 Å². The van der Waals surface area contributed by atoms with Crippen LogP contribution in [-0.2, 0) is 6.54 Å². The van der Waals surface area contributed by atoms with Gasteiger partial charge in [0.25, 0.3) is 5.91 Å². The van der Waals surface area contributed by atoms with Crippen LogP contribution in [0.25, 0.3) is 0 Å². The SMILES string of the molecule is CN(C)Cc1ccc(C2CCCN2C(=O)c2ccc(C#CC(C)(C)O)o2)cc1. The van der Waals surface area contributed by atoms with Gasteiger partial charge in [-0.3, -0.25) is 4.79 Å². The molecule has 1 amide bonds. The zero-order valence-corrected chi connectivity index (χ0v) is 17.0. The van der Waals surface area contributed by atoms with Crippen LogP contribution in [0.1, 0.15) is 60.2 Å². The molecule has 0 aliphatic carbocycles. The van der Waals surface area contributed by atoms with Crippen molar-refractivity contribution in [2.45, 2.75) is 44.9 Å². The first-order valence-electron chi connectivity index (χ1n) is 9.63. The second-order valence-electron chi connectivity index (χ2n) is 8.11. The van der Waals surface area contributed by atoms with Crippen molar-refractivity contribution in [1.82, 2.24) is 9.80 Å². The highest BCUT2D eigenvalue weighted by atomic mass is 16.4. The largest absolute Gasteiger partial charge is 0.443 e. The average molecular weight is 380 g/mol. The van der Waals surface area contributed by atoms with Gasteiger partial charge in [0.2, 0.25) is 0 Å². The lowest BCUT2D eigenvalue weighted by Gasteiger charge is -2.24. The van der Waals surface area contributed by atoms with E-state index in [-0.39, 0.29) is 17.7 Å². The summed E-state index contributed by atoms with van der Waals surface area (Å²) in [5.74, 6) is 6.03. The summed E-state index contributed by atoms with van der Waals surface area (Å²) < 4.78 is 5.62. The maximum Gasteiger partial charge on any atom is 0.290 e. The molecule has 1 aromatic carbocycles. The standard InChI is InChI=1S/C23H28N2O3/c1-23(2,27)14-13-19-11-12-21(28-19)22(26)25-15-5-6-20(25)18-9-7-17(8-10-18)16-24(3)4/h7-12,20,27H,5-6,15-16H2,1-4H3. The third kappa shape index (κ3) is 5.03. The highest BCUT2D eigenvalue weighted by Crippen LogP contribution is 2.33. The van der Waals surface area contributed by atoms with Crippen LogP contribution in [-0.4, -0.2) is 47.1 Å². The monoisotopic (exact) mass is 380 g/mol. The Morgan fingerprint density at radius 1 is 1.25 bits per heavy atom. The van der Waals surface area contributed by atoms with Gasteiger partial charge in [0.05, 0.1) is 6.04 Å². The number of amides is 1. The molecule has 1 unspecified atom stereocenters. The van der Waals surface area contributed by atoms with Crippen LogP contribution in [0.2, 0.25) is 0 Å². The van der Waals surface area contributed by atoms with Crippen molar-refractivity contribution < 1.29 is 14.3 Å². The number of nitrogens with zero attached hydrogens (tertiary/aromatic N) is 2. The van der Waals surface area contributed by atoms with E-state index in [4.69, 9.17) is 4.42 Å². The van der Waals surface area contributed by atoms with Crippen LogP contribution >= 0.6 is 0 Å². The van der Waals surface area contributed by atoms with Crippen LogP contribution in [0, 0.1) is 11.8 Å². The van der Waals surface area contributed by atoms with Gasteiger partial charge in [0, 0.05) is 13.1 Å². The van der Waals surface area contributed by atoms with Crippen molar-refractivity contribution in [3.05, 3.63) is 59.0 Å². The topological polar surface area (TPSA) is 56.9 Å². The molecule has 1 atom stereocenters. The first-order valence-corrected chi connectivity index (χ1v) is 9.63. The van der Waals surface area contributed by atoms with Gasteiger partial charge < -0.3 is 19.3 Å². The number of furan rings is 1. The normalized spacial score (nSPS) is 16.9. The first kappa shape index (κ1) is 20.2. The molecule has 28 heavy (non-hydrogen) atoms. The molecule has 0 spiro atoms. The molecule has 2 aromatic rings. The Hall–Kier alpha value is -2.55. The van der Waals surface area contributed by atoms with Crippen LogP contribution < -0.4 is 0 Å². The molecule has 1 N–H and O–H groups in total. The zero-order chi connectivity index (χ0) is 20.3. The summed E-state index contributed by atoms with van der Waals surface area (Å²) in [5, 5.41) is 9.70. The number of benzene rings is 1. The molecule has 5 heteroatoms. The van der Waals surface area contributed by atoms with Crippen molar-refractivity contribution in [2.75, 3.05) is 20.6 Å². The van der Waals surface area contributed by atoms with E-state index in [1.54, 1.807) is 26.0 Å². The van der Waals surface area contributed by atoms with Gasteiger partial charge in [-0.15, -0.1) is 0 Å². The summed E-state index contributed by atoms with van der Waals surface area (Å²) in [6, 6.07) is 11.9. The van der Waals surface area contributed by atoms with Gasteiger partial charge >= 0.3 is 0 Å². The van der Waals surface area contributed by atoms with Crippen molar-refractivity contribution in [2.24, 2.45) is 0 Å². The van der Waals surface area contributed by atoms with E-state index in [0.717, 1.165) is 24.9 Å².